The summed E-state index contributed by atoms with van der Waals surface area (Å²) in [5.41, 5.74) is 4.61. The highest BCUT2D eigenvalue weighted by atomic mass is 35.5. The molecule has 17 heteroatoms. The summed E-state index contributed by atoms with van der Waals surface area (Å²) in [7, 11) is 0. The number of hydrogen-bond donors (Lipinski definition) is 1. The molecule has 3 heterocycles. The number of rotatable bonds is 5. The van der Waals surface area contributed by atoms with Crippen LogP contribution < -0.4 is 5.73 Å². The molecule has 2 N–H and O–H groups in total. The topological polar surface area (TPSA) is 121 Å². The molecule has 0 aliphatic rings. The number of oxazole rings is 1. The van der Waals surface area contributed by atoms with E-state index in [0.29, 0.717) is 22.7 Å². The molecule has 0 saturated heterocycles. The third kappa shape index (κ3) is 7.46. The number of hydrogen-bond acceptors (Lipinski definition) is 10. The third-order valence-electron chi connectivity index (χ3n) is 3.78. The van der Waals surface area contributed by atoms with Gasteiger partial charge in [0.15, 0.2) is 33.6 Å². The summed E-state index contributed by atoms with van der Waals surface area (Å²) in [6, 6.07) is 0. The molecule has 35 heavy (non-hydrogen) atoms. The molecule has 0 spiro atoms. The first kappa shape index (κ1) is 30.5. The van der Waals surface area contributed by atoms with Crippen molar-refractivity contribution in [1.82, 2.24) is 15.0 Å². The minimum Gasteiger partial charge on any atom is -0.461 e. The van der Waals surface area contributed by atoms with E-state index < -0.39 is 34.1 Å². The highest BCUT2D eigenvalue weighted by molar-refractivity contribution is 7.12. The Kier molecular flexibility index (Phi) is 10.4. The fourth-order valence-electron chi connectivity index (χ4n) is 2.36. The fraction of sp³-hybridized carbons (Fsp3) is 0.389. The number of carbonyl (C=O) groups excluding carboxylic acids is 2. The Hall–Kier alpha value is -2.56. The van der Waals surface area contributed by atoms with Gasteiger partial charge in [-0.3, -0.25) is 4.79 Å². The molecule has 194 valence electrons. The number of ketones is 1. The van der Waals surface area contributed by atoms with Gasteiger partial charge in [0, 0.05) is 9.75 Å². The van der Waals surface area contributed by atoms with Crippen LogP contribution in [-0.2, 0) is 17.1 Å². The Balaban J connectivity index is 0.000000362. The van der Waals surface area contributed by atoms with Gasteiger partial charge in [0.25, 0.3) is 0 Å². The number of aromatic nitrogens is 3. The van der Waals surface area contributed by atoms with Crippen LogP contribution in [0.5, 0.6) is 0 Å². The molecule has 0 amide bonds. The van der Waals surface area contributed by atoms with Gasteiger partial charge in [-0.15, -0.1) is 35.1 Å². The molecular formula is C18H17ClF6N4O4S2. The minimum atomic E-state index is -4.54. The summed E-state index contributed by atoms with van der Waals surface area (Å²) in [4.78, 5) is 33.5. The van der Waals surface area contributed by atoms with Crippen molar-refractivity contribution < 1.29 is 45.1 Å². The molecule has 0 fully saturated rings. The summed E-state index contributed by atoms with van der Waals surface area (Å²) in [5.74, 6) is -1.46. The van der Waals surface area contributed by atoms with Crippen molar-refractivity contribution in [2.24, 2.45) is 5.73 Å². The van der Waals surface area contributed by atoms with Crippen molar-refractivity contribution >= 4 is 46.8 Å². The number of esters is 1. The molecule has 0 unspecified atom stereocenters. The molecule has 0 aromatic carbocycles. The number of nitrogens with zero attached hydrogens (tertiary/aromatic N) is 3. The molecule has 0 aliphatic carbocycles. The summed E-state index contributed by atoms with van der Waals surface area (Å²) in [5, 5.41) is -2.01. The molecular weight excluding hydrogens is 550 g/mol. The van der Waals surface area contributed by atoms with Crippen molar-refractivity contribution in [3.63, 3.8) is 0 Å². The zero-order valence-corrected chi connectivity index (χ0v) is 20.5. The van der Waals surface area contributed by atoms with Crippen molar-refractivity contribution in [3.05, 3.63) is 37.6 Å². The lowest BCUT2D eigenvalue weighted by Crippen LogP contribution is -2.15. The van der Waals surface area contributed by atoms with Gasteiger partial charge in [0.05, 0.1) is 13.2 Å². The first-order chi connectivity index (χ1) is 15.7. The van der Waals surface area contributed by atoms with Crippen LogP contribution in [0.2, 0.25) is 0 Å². The minimum absolute atomic E-state index is 0. The molecule has 0 atom stereocenters. The zero-order chi connectivity index (χ0) is 25.8. The van der Waals surface area contributed by atoms with E-state index in [1.165, 1.54) is 13.8 Å². The van der Waals surface area contributed by atoms with E-state index in [4.69, 9.17) is 14.9 Å². The smallest absolute Gasteiger partial charge is 0.443 e. The predicted octanol–water partition coefficient (Wildman–Crippen LogP) is 5.34. The van der Waals surface area contributed by atoms with Crippen LogP contribution in [0.1, 0.15) is 47.7 Å². The van der Waals surface area contributed by atoms with Crippen molar-refractivity contribution in [1.29, 1.82) is 0 Å². The lowest BCUT2D eigenvalue weighted by Gasteiger charge is -2.00. The Labute approximate surface area is 207 Å². The van der Waals surface area contributed by atoms with Crippen LogP contribution in [0.4, 0.5) is 26.3 Å². The van der Waals surface area contributed by atoms with E-state index in [-0.39, 0.29) is 58.2 Å². The summed E-state index contributed by atoms with van der Waals surface area (Å²) >= 11 is 0.930. The number of carbonyl (C=O) groups is 2. The van der Waals surface area contributed by atoms with E-state index in [0.717, 1.165) is 6.39 Å². The third-order valence-corrected chi connectivity index (χ3v) is 5.81. The number of Topliss-reactive ketones (excluding diaryl/α,β-unsaturated/α-hetero) is 1. The van der Waals surface area contributed by atoms with Crippen molar-refractivity contribution in [2.45, 2.75) is 33.1 Å². The predicted molar refractivity (Wildman–Crippen MR) is 116 cm³/mol. The van der Waals surface area contributed by atoms with Gasteiger partial charge < -0.3 is 14.9 Å². The first-order valence-electron chi connectivity index (χ1n) is 9.14. The fourth-order valence-corrected chi connectivity index (χ4v) is 3.94. The van der Waals surface area contributed by atoms with Crippen LogP contribution in [0.25, 0.3) is 11.5 Å². The maximum Gasteiger partial charge on any atom is 0.443 e. The normalized spacial score (nSPS) is 11.4. The quantitative estimate of drug-likeness (QED) is 0.250. The molecule has 0 bridgehead atoms. The molecule has 0 radical (unpaired) electrons. The second kappa shape index (κ2) is 11.9. The lowest BCUT2D eigenvalue weighted by molar-refractivity contribution is -0.138. The van der Waals surface area contributed by atoms with Crippen LogP contribution in [0.15, 0.2) is 10.8 Å². The number of thiazole rings is 2. The monoisotopic (exact) mass is 566 g/mol. The molecule has 3 rings (SSSR count). The van der Waals surface area contributed by atoms with Gasteiger partial charge in [0.1, 0.15) is 11.4 Å². The van der Waals surface area contributed by atoms with Crippen molar-refractivity contribution in [3.8, 4) is 11.5 Å². The number of ether oxygens (including phenoxy) is 1. The Morgan fingerprint density at radius 1 is 1.00 bits per heavy atom. The van der Waals surface area contributed by atoms with Crippen LogP contribution in [-0.4, -0.2) is 39.9 Å². The average molecular weight is 567 g/mol. The van der Waals surface area contributed by atoms with Gasteiger partial charge in [-0.2, -0.15) is 26.3 Å². The van der Waals surface area contributed by atoms with E-state index in [9.17, 15) is 35.9 Å². The summed E-state index contributed by atoms with van der Waals surface area (Å²) in [6.45, 7) is 4.26. The molecule has 0 saturated carbocycles. The van der Waals surface area contributed by atoms with E-state index >= 15 is 0 Å². The SMILES string of the molecule is CCOC(=O)c1ncoc1-c1nc(C(F)(F)F)sc1C.Cc1sc(C(F)(F)F)nc1C(=O)CN.Cl. The summed E-state index contributed by atoms with van der Waals surface area (Å²) in [6.07, 6.45) is -8.08. The van der Waals surface area contributed by atoms with E-state index in [2.05, 4.69) is 15.0 Å². The standard InChI is InChI=1S/C11H9F3N2O3S.C7H7F3N2OS.ClH/c1-3-18-9(17)7-8(19-4-15-7)6-5(2)20-10(16-6)11(12,13)14;1-3-5(4(13)2-11)12-6(14-3)7(8,9)10;/h4H,3H2,1-2H3;2,11H2,1H3;1H. The van der Waals surface area contributed by atoms with E-state index in [1.807, 2.05) is 0 Å². The maximum atomic E-state index is 12.6. The highest BCUT2D eigenvalue weighted by Crippen LogP contribution is 2.38. The van der Waals surface area contributed by atoms with Crippen molar-refractivity contribution in [2.75, 3.05) is 13.2 Å². The lowest BCUT2D eigenvalue weighted by atomic mass is 10.2. The average Bonchev–Trinajstić information content (AvgIpc) is 3.45. The van der Waals surface area contributed by atoms with Gasteiger partial charge >= 0.3 is 18.3 Å². The number of alkyl halides is 6. The summed E-state index contributed by atoms with van der Waals surface area (Å²) < 4.78 is 84.0. The second-order valence-electron chi connectivity index (χ2n) is 6.22. The number of nitrogens with two attached hydrogens (primary N) is 1. The molecule has 3 aromatic rings. The molecule has 3 aromatic heterocycles. The largest absolute Gasteiger partial charge is 0.461 e. The Morgan fingerprint density at radius 2 is 1.54 bits per heavy atom. The van der Waals surface area contributed by atoms with E-state index in [1.54, 1.807) is 6.92 Å². The van der Waals surface area contributed by atoms with Crippen LogP contribution in [0.3, 0.4) is 0 Å². The Morgan fingerprint density at radius 3 is 2.00 bits per heavy atom. The second-order valence-corrected chi connectivity index (χ2v) is 8.63. The first-order valence-corrected chi connectivity index (χ1v) is 10.8. The Bertz CT molecular complexity index is 1170. The highest BCUT2D eigenvalue weighted by Gasteiger charge is 2.37. The van der Waals surface area contributed by atoms with Crippen LogP contribution >= 0.6 is 35.1 Å². The molecule has 0 aliphatic heterocycles. The number of halogens is 7. The van der Waals surface area contributed by atoms with Gasteiger partial charge in [-0.05, 0) is 20.8 Å². The van der Waals surface area contributed by atoms with Gasteiger partial charge in [-0.1, -0.05) is 0 Å². The maximum absolute atomic E-state index is 12.6. The number of aryl methyl sites for hydroxylation is 2. The van der Waals surface area contributed by atoms with Gasteiger partial charge in [-0.25, -0.2) is 19.7 Å². The van der Waals surface area contributed by atoms with Crippen LogP contribution in [0, 0.1) is 13.8 Å². The molecule has 8 nitrogen and oxygen atoms in total. The van der Waals surface area contributed by atoms with Gasteiger partial charge in [0.2, 0.25) is 0 Å². The zero-order valence-electron chi connectivity index (χ0n) is 18.0.